The molecule has 5 heteroatoms. The lowest BCUT2D eigenvalue weighted by molar-refractivity contribution is -0.126. The highest BCUT2D eigenvalue weighted by Gasteiger charge is 2.36. The van der Waals surface area contributed by atoms with Crippen LogP contribution in [-0.4, -0.2) is 33.6 Å². The van der Waals surface area contributed by atoms with Crippen molar-refractivity contribution in [3.05, 3.63) is 12.2 Å². The summed E-state index contributed by atoms with van der Waals surface area (Å²) < 4.78 is 1.66. The number of aromatic nitrogens is 3. The van der Waals surface area contributed by atoms with E-state index in [1.54, 1.807) is 4.68 Å². The normalized spacial score (nSPS) is 25.7. The van der Waals surface area contributed by atoms with E-state index in [2.05, 4.69) is 15.4 Å². The third-order valence-corrected chi connectivity index (χ3v) is 3.17. The topological polar surface area (TPSA) is 59.8 Å². The number of ketones is 1. The Morgan fingerprint density at radius 1 is 1.73 bits per heavy atom. The van der Waals surface area contributed by atoms with Crippen LogP contribution in [0, 0.1) is 5.41 Å². The van der Waals surface area contributed by atoms with Crippen molar-refractivity contribution in [3.63, 3.8) is 0 Å². The van der Waals surface area contributed by atoms with E-state index in [0.717, 1.165) is 25.3 Å². The summed E-state index contributed by atoms with van der Waals surface area (Å²) in [6, 6.07) is 0. The Bertz CT molecular complexity index is 365. The van der Waals surface area contributed by atoms with Gasteiger partial charge in [0.15, 0.2) is 0 Å². The first kappa shape index (κ1) is 10.3. The lowest BCUT2D eigenvalue weighted by Crippen LogP contribution is -2.32. The van der Waals surface area contributed by atoms with Crippen molar-refractivity contribution in [2.45, 2.75) is 19.8 Å². The number of aryl methyl sites for hydroxylation is 1. The molecule has 0 saturated carbocycles. The third-order valence-electron chi connectivity index (χ3n) is 3.17. The zero-order valence-corrected chi connectivity index (χ0v) is 9.16. The van der Waals surface area contributed by atoms with Gasteiger partial charge in [0.2, 0.25) is 0 Å². The van der Waals surface area contributed by atoms with E-state index in [1.807, 2.05) is 14.0 Å². The molecule has 0 radical (unpaired) electrons. The maximum Gasteiger partial charge on any atom is 0.147 e. The van der Waals surface area contributed by atoms with Gasteiger partial charge >= 0.3 is 0 Å². The van der Waals surface area contributed by atoms with Crippen LogP contribution >= 0.6 is 0 Å². The van der Waals surface area contributed by atoms with Gasteiger partial charge in [0.25, 0.3) is 0 Å². The van der Waals surface area contributed by atoms with Gasteiger partial charge in [-0.15, -0.1) is 0 Å². The van der Waals surface area contributed by atoms with Crippen molar-refractivity contribution in [1.82, 2.24) is 20.1 Å². The van der Waals surface area contributed by atoms with E-state index in [9.17, 15) is 4.79 Å². The lowest BCUT2D eigenvalue weighted by atomic mass is 9.83. The molecule has 1 aromatic heterocycles. The van der Waals surface area contributed by atoms with E-state index in [4.69, 9.17) is 0 Å². The molecule has 0 spiro atoms. The fraction of sp³-hybridized carbons (Fsp3) is 0.700. The van der Waals surface area contributed by atoms with E-state index >= 15 is 0 Å². The summed E-state index contributed by atoms with van der Waals surface area (Å²) in [5.74, 6) is 0.997. The second-order valence-electron chi connectivity index (χ2n) is 4.39. The molecule has 2 heterocycles. The van der Waals surface area contributed by atoms with E-state index in [-0.39, 0.29) is 11.2 Å². The zero-order valence-electron chi connectivity index (χ0n) is 9.16. The number of nitrogens with one attached hydrogen (secondary N) is 1. The first-order valence-corrected chi connectivity index (χ1v) is 5.19. The van der Waals surface area contributed by atoms with Crippen LogP contribution in [0.2, 0.25) is 0 Å². The van der Waals surface area contributed by atoms with Crippen LogP contribution in [0.15, 0.2) is 6.33 Å². The van der Waals surface area contributed by atoms with Crippen molar-refractivity contribution in [1.29, 1.82) is 0 Å². The molecule has 82 valence electrons. The summed E-state index contributed by atoms with van der Waals surface area (Å²) in [6.45, 7) is 3.73. The number of carbonyl (C=O) groups excluding carboxylic acids is 1. The number of hydrogen-bond acceptors (Lipinski definition) is 4. The van der Waals surface area contributed by atoms with E-state index in [1.165, 1.54) is 6.33 Å². The molecule has 1 atom stereocenters. The minimum atomic E-state index is -0.216. The molecule has 0 aromatic carbocycles. The van der Waals surface area contributed by atoms with E-state index in [0.29, 0.717) is 6.42 Å². The van der Waals surface area contributed by atoms with Gasteiger partial charge < -0.3 is 5.32 Å². The molecular weight excluding hydrogens is 192 g/mol. The molecule has 2 rings (SSSR count). The quantitative estimate of drug-likeness (QED) is 0.755. The van der Waals surface area contributed by atoms with Gasteiger partial charge in [-0.2, -0.15) is 5.10 Å². The highest BCUT2D eigenvalue weighted by Crippen LogP contribution is 2.26. The van der Waals surface area contributed by atoms with Gasteiger partial charge in [0.05, 0.1) is 6.42 Å². The second kappa shape index (κ2) is 3.73. The Labute approximate surface area is 88.9 Å². The minimum absolute atomic E-state index is 0.216. The van der Waals surface area contributed by atoms with Gasteiger partial charge in [-0.05, 0) is 13.0 Å². The van der Waals surface area contributed by atoms with Crippen molar-refractivity contribution in [2.24, 2.45) is 12.5 Å². The monoisotopic (exact) mass is 208 g/mol. The van der Waals surface area contributed by atoms with Crippen molar-refractivity contribution >= 4 is 5.78 Å². The van der Waals surface area contributed by atoms with Crippen molar-refractivity contribution < 1.29 is 4.79 Å². The summed E-state index contributed by atoms with van der Waals surface area (Å²) >= 11 is 0. The molecule has 5 nitrogen and oxygen atoms in total. The lowest BCUT2D eigenvalue weighted by Gasteiger charge is -2.20. The standard InChI is InChI=1S/C10H16N4O/c1-10(3-4-11-6-10)8(15)5-9-12-7-13-14(9)2/h7,11H,3-6H2,1-2H3. The maximum absolute atomic E-state index is 12.1. The molecule has 1 aliphatic heterocycles. The molecular formula is C10H16N4O. The molecule has 0 bridgehead atoms. The van der Waals surface area contributed by atoms with E-state index < -0.39 is 0 Å². The fourth-order valence-electron chi connectivity index (χ4n) is 1.89. The highest BCUT2D eigenvalue weighted by atomic mass is 16.1. The van der Waals surface area contributed by atoms with Crippen molar-refractivity contribution in [3.8, 4) is 0 Å². The Balaban J connectivity index is 2.07. The van der Waals surface area contributed by atoms with Gasteiger partial charge in [-0.25, -0.2) is 4.98 Å². The molecule has 1 aliphatic rings. The number of carbonyl (C=O) groups is 1. The predicted molar refractivity (Wildman–Crippen MR) is 55.3 cm³/mol. The Morgan fingerprint density at radius 2 is 2.53 bits per heavy atom. The van der Waals surface area contributed by atoms with Crippen LogP contribution in [0.3, 0.4) is 0 Å². The van der Waals surface area contributed by atoms with Crippen LogP contribution in [-0.2, 0) is 18.3 Å². The molecule has 15 heavy (non-hydrogen) atoms. The van der Waals surface area contributed by atoms with Gasteiger partial charge in [-0.1, -0.05) is 6.92 Å². The van der Waals surface area contributed by atoms with Crippen LogP contribution < -0.4 is 5.32 Å². The predicted octanol–water partition coefficient (Wildman–Crippen LogP) is -0.0737. The molecule has 1 saturated heterocycles. The maximum atomic E-state index is 12.1. The zero-order chi connectivity index (χ0) is 10.9. The molecule has 1 fully saturated rings. The Morgan fingerprint density at radius 3 is 3.07 bits per heavy atom. The summed E-state index contributed by atoms with van der Waals surface area (Å²) in [4.78, 5) is 16.1. The molecule has 0 amide bonds. The SMILES string of the molecule is Cn1ncnc1CC(=O)C1(C)CCNC1. The first-order chi connectivity index (χ1) is 7.12. The fourth-order valence-corrected chi connectivity index (χ4v) is 1.89. The summed E-state index contributed by atoms with van der Waals surface area (Å²) in [7, 11) is 1.81. The van der Waals surface area contributed by atoms with Crippen LogP contribution in [0.5, 0.6) is 0 Å². The number of Topliss-reactive ketones (excluding diaryl/α,β-unsaturated/α-hetero) is 1. The average Bonchev–Trinajstić information content (AvgIpc) is 2.78. The molecule has 1 N–H and O–H groups in total. The average molecular weight is 208 g/mol. The van der Waals surface area contributed by atoms with Crippen LogP contribution in [0.4, 0.5) is 0 Å². The number of rotatable bonds is 3. The van der Waals surface area contributed by atoms with Crippen molar-refractivity contribution in [2.75, 3.05) is 13.1 Å². The smallest absolute Gasteiger partial charge is 0.147 e. The summed E-state index contributed by atoms with van der Waals surface area (Å²) in [5, 5.41) is 7.18. The molecule has 1 unspecified atom stereocenters. The number of nitrogens with zero attached hydrogens (tertiary/aromatic N) is 3. The van der Waals surface area contributed by atoms with Gasteiger partial charge in [0, 0.05) is 19.0 Å². The summed E-state index contributed by atoms with van der Waals surface area (Å²) in [5.41, 5.74) is -0.216. The molecule has 1 aromatic rings. The van der Waals surface area contributed by atoms with Gasteiger partial charge in [0.1, 0.15) is 17.9 Å². The first-order valence-electron chi connectivity index (χ1n) is 5.19. The summed E-state index contributed by atoms with van der Waals surface area (Å²) in [6.07, 6.45) is 2.79. The highest BCUT2D eigenvalue weighted by molar-refractivity contribution is 5.86. The Kier molecular flexibility index (Phi) is 2.56. The second-order valence-corrected chi connectivity index (χ2v) is 4.39. The third kappa shape index (κ3) is 1.92. The number of hydrogen-bond donors (Lipinski definition) is 1. The largest absolute Gasteiger partial charge is 0.316 e. The molecule has 0 aliphatic carbocycles. The van der Waals surface area contributed by atoms with Gasteiger partial charge in [-0.3, -0.25) is 9.48 Å². The van der Waals surface area contributed by atoms with Crippen LogP contribution in [0.1, 0.15) is 19.2 Å². The minimum Gasteiger partial charge on any atom is -0.316 e. The Hall–Kier alpha value is -1.23. The van der Waals surface area contributed by atoms with Crippen LogP contribution in [0.25, 0.3) is 0 Å².